The van der Waals surface area contributed by atoms with Crippen LogP contribution in [-0.2, 0) is 13.2 Å². The minimum atomic E-state index is -0.155. The van der Waals surface area contributed by atoms with Crippen molar-refractivity contribution in [2.45, 2.75) is 13.2 Å². The highest BCUT2D eigenvalue weighted by atomic mass is 16.3. The third-order valence-corrected chi connectivity index (χ3v) is 3.39. The molecule has 0 fully saturated rings. The summed E-state index contributed by atoms with van der Waals surface area (Å²) in [5, 5.41) is 18.6. The van der Waals surface area contributed by atoms with Gasteiger partial charge >= 0.3 is 0 Å². The van der Waals surface area contributed by atoms with Crippen molar-refractivity contribution >= 4 is 5.78 Å². The summed E-state index contributed by atoms with van der Waals surface area (Å²) in [5.41, 5.74) is 4.09. The van der Waals surface area contributed by atoms with Gasteiger partial charge in [-0.25, -0.2) is 0 Å². The summed E-state index contributed by atoms with van der Waals surface area (Å²) >= 11 is 0. The molecule has 90 valence electrons. The van der Waals surface area contributed by atoms with Crippen LogP contribution < -0.4 is 0 Å². The molecule has 0 saturated carbocycles. The first-order chi connectivity index (χ1) is 8.77. The van der Waals surface area contributed by atoms with Crippen molar-refractivity contribution < 1.29 is 15.0 Å². The molecule has 1 aliphatic rings. The number of ketones is 1. The molecular formula is C15H12O3. The molecular weight excluding hydrogens is 228 g/mol. The summed E-state index contributed by atoms with van der Waals surface area (Å²) in [6, 6.07) is 10.9. The Morgan fingerprint density at radius 1 is 0.778 bits per heavy atom. The number of benzene rings is 2. The van der Waals surface area contributed by atoms with Gasteiger partial charge in [0.2, 0.25) is 0 Å². The second-order valence-corrected chi connectivity index (χ2v) is 4.32. The lowest BCUT2D eigenvalue weighted by molar-refractivity contribution is 0.103. The highest BCUT2D eigenvalue weighted by molar-refractivity contribution is 6.23. The van der Waals surface area contributed by atoms with E-state index in [1.807, 2.05) is 24.3 Å². The van der Waals surface area contributed by atoms with Crippen LogP contribution in [0.4, 0.5) is 0 Å². The van der Waals surface area contributed by atoms with Gasteiger partial charge in [0.05, 0.1) is 13.2 Å². The summed E-state index contributed by atoms with van der Waals surface area (Å²) in [5.74, 6) is -0.102. The van der Waals surface area contributed by atoms with Crippen LogP contribution in [0.2, 0.25) is 0 Å². The fourth-order valence-corrected chi connectivity index (χ4v) is 2.57. The lowest BCUT2D eigenvalue weighted by atomic mass is 10.0. The third-order valence-electron chi connectivity index (χ3n) is 3.39. The van der Waals surface area contributed by atoms with Crippen molar-refractivity contribution in [2.75, 3.05) is 0 Å². The summed E-state index contributed by atoms with van der Waals surface area (Å²) in [6.07, 6.45) is 0. The van der Waals surface area contributed by atoms with Crippen molar-refractivity contribution in [3.8, 4) is 11.1 Å². The largest absolute Gasteiger partial charge is 0.392 e. The SMILES string of the molecule is O=C1c2c(CO)cccc2-c2cccc(CO)c21. The van der Waals surface area contributed by atoms with Gasteiger partial charge in [-0.3, -0.25) is 4.79 Å². The van der Waals surface area contributed by atoms with E-state index in [0.29, 0.717) is 22.3 Å². The maximum Gasteiger partial charge on any atom is 0.195 e. The summed E-state index contributed by atoms with van der Waals surface area (Å²) in [6.45, 7) is -0.311. The Labute approximate surface area is 104 Å². The molecule has 3 nitrogen and oxygen atoms in total. The standard InChI is InChI=1S/C15H12O3/c16-7-9-3-1-5-11-12-6-2-4-10(8-17)14(12)15(18)13(9)11/h1-6,16-17H,7-8H2. The van der Waals surface area contributed by atoms with E-state index >= 15 is 0 Å². The molecule has 0 atom stereocenters. The van der Waals surface area contributed by atoms with Crippen LogP contribution in [0.5, 0.6) is 0 Å². The molecule has 3 heteroatoms. The molecule has 2 aromatic rings. The Hall–Kier alpha value is -1.97. The second-order valence-electron chi connectivity index (χ2n) is 4.32. The van der Waals surface area contributed by atoms with Gasteiger partial charge in [0, 0.05) is 11.1 Å². The first-order valence-corrected chi connectivity index (χ1v) is 5.78. The molecule has 0 spiro atoms. The van der Waals surface area contributed by atoms with Gasteiger partial charge in [-0.2, -0.15) is 0 Å². The highest BCUT2D eigenvalue weighted by Gasteiger charge is 2.30. The van der Waals surface area contributed by atoms with Crippen molar-refractivity contribution in [1.82, 2.24) is 0 Å². The lowest BCUT2D eigenvalue weighted by Gasteiger charge is -2.03. The molecule has 0 amide bonds. The molecule has 3 rings (SSSR count). The van der Waals surface area contributed by atoms with E-state index < -0.39 is 0 Å². The van der Waals surface area contributed by atoms with Gasteiger partial charge in [-0.15, -0.1) is 0 Å². The fraction of sp³-hybridized carbons (Fsp3) is 0.133. The molecule has 2 aromatic carbocycles. The van der Waals surface area contributed by atoms with E-state index in [4.69, 9.17) is 0 Å². The van der Waals surface area contributed by atoms with Gasteiger partial charge in [-0.1, -0.05) is 36.4 Å². The molecule has 1 aliphatic carbocycles. The summed E-state index contributed by atoms with van der Waals surface area (Å²) < 4.78 is 0. The number of carbonyl (C=O) groups is 1. The Balaban J connectivity index is 2.34. The van der Waals surface area contributed by atoms with Crippen molar-refractivity contribution in [3.63, 3.8) is 0 Å². The third kappa shape index (κ3) is 1.35. The monoisotopic (exact) mass is 240 g/mol. The van der Waals surface area contributed by atoms with E-state index in [2.05, 4.69) is 0 Å². The van der Waals surface area contributed by atoms with E-state index in [1.54, 1.807) is 12.1 Å². The lowest BCUT2D eigenvalue weighted by Crippen LogP contribution is -2.03. The number of carbonyl (C=O) groups excluding carboxylic acids is 1. The van der Waals surface area contributed by atoms with Gasteiger partial charge in [0.25, 0.3) is 0 Å². The van der Waals surface area contributed by atoms with Gasteiger partial charge in [0.15, 0.2) is 5.78 Å². The number of hydrogen-bond donors (Lipinski definition) is 2. The average Bonchev–Trinajstić information content (AvgIpc) is 2.73. The van der Waals surface area contributed by atoms with Crippen molar-refractivity contribution in [2.24, 2.45) is 0 Å². The molecule has 0 unspecified atom stereocenters. The smallest absolute Gasteiger partial charge is 0.195 e. The van der Waals surface area contributed by atoms with Crippen LogP contribution in [0.3, 0.4) is 0 Å². The quantitative estimate of drug-likeness (QED) is 0.719. The normalized spacial score (nSPS) is 12.4. The molecule has 0 radical (unpaired) electrons. The molecule has 0 aromatic heterocycles. The Morgan fingerprint density at radius 3 is 1.61 bits per heavy atom. The molecule has 0 aliphatic heterocycles. The molecule has 0 bridgehead atoms. The number of fused-ring (bicyclic) bond motifs is 3. The van der Waals surface area contributed by atoms with Crippen LogP contribution in [-0.4, -0.2) is 16.0 Å². The van der Waals surface area contributed by atoms with Gasteiger partial charge in [0.1, 0.15) is 0 Å². The number of aliphatic hydroxyl groups is 2. The van der Waals surface area contributed by atoms with Crippen LogP contribution in [0.15, 0.2) is 36.4 Å². The van der Waals surface area contributed by atoms with E-state index in [0.717, 1.165) is 11.1 Å². The predicted octanol–water partition coefficient (Wildman–Crippen LogP) is 1.88. The first-order valence-electron chi connectivity index (χ1n) is 5.78. The Bertz CT molecular complexity index is 589. The topological polar surface area (TPSA) is 57.5 Å². The highest BCUT2D eigenvalue weighted by Crippen LogP contribution is 2.39. The average molecular weight is 240 g/mol. The van der Waals surface area contributed by atoms with Crippen molar-refractivity contribution in [3.05, 3.63) is 58.7 Å². The maximum absolute atomic E-state index is 12.4. The number of rotatable bonds is 2. The molecule has 0 saturated heterocycles. The van der Waals surface area contributed by atoms with Crippen LogP contribution in [0.1, 0.15) is 27.0 Å². The zero-order chi connectivity index (χ0) is 12.7. The second kappa shape index (κ2) is 4.05. The van der Waals surface area contributed by atoms with Gasteiger partial charge in [-0.05, 0) is 22.3 Å². The number of aliphatic hydroxyl groups excluding tert-OH is 2. The predicted molar refractivity (Wildman–Crippen MR) is 67.2 cm³/mol. The van der Waals surface area contributed by atoms with Gasteiger partial charge < -0.3 is 10.2 Å². The number of hydrogen-bond acceptors (Lipinski definition) is 3. The molecule has 2 N–H and O–H groups in total. The van der Waals surface area contributed by atoms with E-state index in [1.165, 1.54) is 0 Å². The zero-order valence-electron chi connectivity index (χ0n) is 9.68. The van der Waals surface area contributed by atoms with Crippen LogP contribution >= 0.6 is 0 Å². The zero-order valence-corrected chi connectivity index (χ0v) is 9.68. The summed E-state index contributed by atoms with van der Waals surface area (Å²) in [7, 11) is 0. The molecule has 18 heavy (non-hydrogen) atoms. The molecule has 0 heterocycles. The van der Waals surface area contributed by atoms with E-state index in [9.17, 15) is 15.0 Å². The minimum Gasteiger partial charge on any atom is -0.392 e. The fourth-order valence-electron chi connectivity index (χ4n) is 2.57. The Kier molecular flexibility index (Phi) is 2.51. The first kappa shape index (κ1) is 11.1. The van der Waals surface area contributed by atoms with Crippen molar-refractivity contribution in [1.29, 1.82) is 0 Å². The van der Waals surface area contributed by atoms with Crippen LogP contribution in [0.25, 0.3) is 11.1 Å². The van der Waals surface area contributed by atoms with Crippen LogP contribution in [0, 0.1) is 0 Å². The minimum absolute atomic E-state index is 0.102. The maximum atomic E-state index is 12.4. The summed E-state index contributed by atoms with van der Waals surface area (Å²) in [4.78, 5) is 12.4. The Morgan fingerprint density at radius 2 is 1.22 bits per heavy atom. The van der Waals surface area contributed by atoms with E-state index in [-0.39, 0.29) is 19.0 Å².